The fourth-order valence-corrected chi connectivity index (χ4v) is 1.92. The van der Waals surface area contributed by atoms with Crippen molar-refractivity contribution in [3.05, 3.63) is 45.2 Å². The Labute approximate surface area is 102 Å². The molecule has 4 nitrogen and oxygen atoms in total. The van der Waals surface area contributed by atoms with Gasteiger partial charge < -0.3 is 9.72 Å². The molecule has 0 aliphatic carbocycles. The highest BCUT2D eigenvalue weighted by atomic mass is 35.5. The minimum Gasteiger partial charge on any atom is -0.462 e. The summed E-state index contributed by atoms with van der Waals surface area (Å²) in [5.74, 6) is -0.704. The maximum Gasteiger partial charge on any atom is 0.345 e. The number of aromatic amines is 1. The number of hydrogen-bond donors (Lipinski definition) is 1. The van der Waals surface area contributed by atoms with Gasteiger partial charge in [0.05, 0.1) is 11.6 Å². The molecule has 2 rings (SSSR count). The van der Waals surface area contributed by atoms with Gasteiger partial charge in [-0.3, -0.25) is 4.79 Å². The number of benzene rings is 1. The van der Waals surface area contributed by atoms with Crippen LogP contribution >= 0.6 is 11.6 Å². The summed E-state index contributed by atoms with van der Waals surface area (Å²) in [5, 5.41) is 0.750. The molecule has 5 heteroatoms. The molecule has 17 heavy (non-hydrogen) atoms. The Morgan fingerprint density at radius 1 is 1.41 bits per heavy atom. The van der Waals surface area contributed by atoms with Gasteiger partial charge >= 0.3 is 5.97 Å². The largest absolute Gasteiger partial charge is 0.462 e. The van der Waals surface area contributed by atoms with Crippen LogP contribution in [0.3, 0.4) is 0 Å². The summed E-state index contributed by atoms with van der Waals surface area (Å²) in [4.78, 5) is 25.9. The zero-order chi connectivity index (χ0) is 12.4. The molecule has 0 aliphatic heterocycles. The predicted molar refractivity (Wildman–Crippen MR) is 65.5 cm³/mol. The molecule has 0 amide bonds. The molecular formula is C12H10ClNO3. The second-order valence-corrected chi connectivity index (χ2v) is 3.79. The topological polar surface area (TPSA) is 59.2 Å². The molecule has 1 aromatic heterocycles. The van der Waals surface area contributed by atoms with Crippen molar-refractivity contribution in [1.29, 1.82) is 0 Å². The molecule has 1 aromatic carbocycles. The van der Waals surface area contributed by atoms with Crippen LogP contribution in [0, 0.1) is 0 Å². The number of H-pyrrole nitrogens is 1. The molecular weight excluding hydrogens is 242 g/mol. The number of aromatic nitrogens is 1. The van der Waals surface area contributed by atoms with Gasteiger partial charge in [0.25, 0.3) is 5.56 Å². The molecule has 0 unspecified atom stereocenters. The van der Waals surface area contributed by atoms with Crippen molar-refractivity contribution in [3.63, 3.8) is 0 Å². The van der Waals surface area contributed by atoms with Crippen molar-refractivity contribution in [3.8, 4) is 0 Å². The van der Waals surface area contributed by atoms with Gasteiger partial charge in [-0.05, 0) is 13.0 Å². The van der Waals surface area contributed by atoms with Gasteiger partial charge in [0.1, 0.15) is 5.56 Å². The van der Waals surface area contributed by atoms with E-state index < -0.39 is 11.5 Å². The van der Waals surface area contributed by atoms with Gasteiger partial charge in [0.2, 0.25) is 0 Å². The SMILES string of the molecule is CCOC(=O)c1c(Cl)c2ccccc2[nH]c1=O. The van der Waals surface area contributed by atoms with Crippen LogP contribution in [0.25, 0.3) is 10.9 Å². The summed E-state index contributed by atoms with van der Waals surface area (Å²) in [5.41, 5.74) is -0.0880. The Bertz CT molecular complexity index is 633. The number of carbonyl (C=O) groups excluding carboxylic acids is 1. The lowest BCUT2D eigenvalue weighted by Crippen LogP contribution is -2.20. The minimum atomic E-state index is -0.704. The van der Waals surface area contributed by atoms with Crippen LogP contribution in [0.2, 0.25) is 5.02 Å². The molecule has 0 fully saturated rings. The van der Waals surface area contributed by atoms with Gasteiger partial charge in [-0.15, -0.1) is 0 Å². The van der Waals surface area contributed by atoms with Gasteiger partial charge in [-0.25, -0.2) is 4.79 Å². The minimum absolute atomic E-state index is 0.128. The van der Waals surface area contributed by atoms with E-state index >= 15 is 0 Å². The first-order chi connectivity index (χ1) is 8.15. The molecule has 0 saturated heterocycles. The molecule has 2 aromatic rings. The normalized spacial score (nSPS) is 10.5. The summed E-state index contributed by atoms with van der Waals surface area (Å²) >= 11 is 6.06. The van der Waals surface area contributed by atoms with Crippen molar-refractivity contribution in [1.82, 2.24) is 4.98 Å². The van der Waals surface area contributed by atoms with Gasteiger partial charge in [0.15, 0.2) is 0 Å². The summed E-state index contributed by atoms with van der Waals surface area (Å²) < 4.78 is 4.80. The number of ether oxygens (including phenoxy) is 1. The van der Waals surface area contributed by atoms with Crippen LogP contribution < -0.4 is 5.56 Å². The molecule has 0 bridgehead atoms. The number of rotatable bonds is 2. The van der Waals surface area contributed by atoms with Crippen molar-refractivity contribution < 1.29 is 9.53 Å². The third kappa shape index (κ3) is 2.03. The smallest absolute Gasteiger partial charge is 0.345 e. The zero-order valence-corrected chi connectivity index (χ0v) is 9.88. The van der Waals surface area contributed by atoms with E-state index in [1.54, 1.807) is 31.2 Å². The maximum absolute atomic E-state index is 11.7. The number of para-hydroxylation sites is 1. The molecule has 0 saturated carbocycles. The lowest BCUT2D eigenvalue weighted by molar-refractivity contribution is 0.0524. The second kappa shape index (κ2) is 4.59. The van der Waals surface area contributed by atoms with Crippen molar-refractivity contribution in [2.75, 3.05) is 6.61 Å². The average molecular weight is 252 g/mol. The van der Waals surface area contributed by atoms with Crippen LogP contribution in [0.1, 0.15) is 17.3 Å². The van der Waals surface area contributed by atoms with Gasteiger partial charge in [-0.1, -0.05) is 29.8 Å². The fraction of sp³-hybridized carbons (Fsp3) is 0.167. The van der Waals surface area contributed by atoms with Crippen molar-refractivity contribution in [2.45, 2.75) is 6.92 Å². The molecule has 0 spiro atoms. The molecule has 0 radical (unpaired) electrons. The van der Waals surface area contributed by atoms with Crippen LogP contribution in [0.15, 0.2) is 29.1 Å². The Morgan fingerprint density at radius 3 is 2.82 bits per heavy atom. The first kappa shape index (κ1) is 11.7. The van der Waals surface area contributed by atoms with E-state index in [4.69, 9.17) is 16.3 Å². The van der Waals surface area contributed by atoms with Crippen molar-refractivity contribution >= 4 is 28.5 Å². The van der Waals surface area contributed by atoms with E-state index in [-0.39, 0.29) is 17.2 Å². The Kier molecular flexibility index (Phi) is 3.15. The van der Waals surface area contributed by atoms with E-state index in [2.05, 4.69) is 4.98 Å². The van der Waals surface area contributed by atoms with E-state index in [0.29, 0.717) is 10.9 Å². The molecule has 88 valence electrons. The monoisotopic (exact) mass is 251 g/mol. The molecule has 1 heterocycles. The fourth-order valence-electron chi connectivity index (χ4n) is 1.59. The number of nitrogens with one attached hydrogen (secondary N) is 1. The third-order valence-corrected chi connectivity index (χ3v) is 2.73. The summed E-state index contributed by atoms with van der Waals surface area (Å²) in [6.07, 6.45) is 0. The highest BCUT2D eigenvalue weighted by Gasteiger charge is 2.18. The third-order valence-electron chi connectivity index (χ3n) is 2.34. The quantitative estimate of drug-likeness (QED) is 0.834. The highest BCUT2D eigenvalue weighted by molar-refractivity contribution is 6.38. The van der Waals surface area contributed by atoms with Crippen molar-refractivity contribution in [2.24, 2.45) is 0 Å². The summed E-state index contributed by atoms with van der Waals surface area (Å²) in [7, 11) is 0. The standard InChI is InChI=1S/C12H10ClNO3/c1-2-17-12(16)9-10(13)7-5-3-4-6-8(7)14-11(9)15/h3-6H,2H2,1H3,(H,14,15). The van der Waals surface area contributed by atoms with Crippen LogP contribution in [0.5, 0.6) is 0 Å². The summed E-state index contributed by atoms with van der Waals surface area (Å²) in [6.45, 7) is 1.86. The number of halogens is 1. The van der Waals surface area contributed by atoms with Gasteiger partial charge in [0, 0.05) is 10.9 Å². The Morgan fingerprint density at radius 2 is 2.12 bits per heavy atom. The molecule has 0 atom stereocenters. The average Bonchev–Trinajstić information content (AvgIpc) is 2.29. The van der Waals surface area contributed by atoms with E-state index in [1.165, 1.54) is 0 Å². The zero-order valence-electron chi connectivity index (χ0n) is 9.12. The van der Waals surface area contributed by atoms with Crippen LogP contribution in [0.4, 0.5) is 0 Å². The first-order valence-corrected chi connectivity index (χ1v) is 5.50. The predicted octanol–water partition coefficient (Wildman–Crippen LogP) is 2.36. The van der Waals surface area contributed by atoms with Gasteiger partial charge in [-0.2, -0.15) is 0 Å². The molecule has 0 aliphatic rings. The number of esters is 1. The van der Waals surface area contributed by atoms with E-state index in [1.807, 2.05) is 0 Å². The number of fused-ring (bicyclic) bond motifs is 1. The Balaban J connectivity index is 2.72. The van der Waals surface area contributed by atoms with Crippen LogP contribution in [-0.4, -0.2) is 17.6 Å². The summed E-state index contributed by atoms with van der Waals surface area (Å²) in [6, 6.07) is 7.01. The Hall–Kier alpha value is -1.81. The van der Waals surface area contributed by atoms with E-state index in [0.717, 1.165) is 0 Å². The lowest BCUT2D eigenvalue weighted by Gasteiger charge is -2.06. The van der Waals surface area contributed by atoms with E-state index in [9.17, 15) is 9.59 Å². The lowest BCUT2D eigenvalue weighted by atomic mass is 10.1. The molecule has 1 N–H and O–H groups in total. The highest BCUT2D eigenvalue weighted by Crippen LogP contribution is 2.23. The number of pyridine rings is 1. The second-order valence-electron chi connectivity index (χ2n) is 3.41. The number of carbonyl (C=O) groups is 1. The van der Waals surface area contributed by atoms with Crippen LogP contribution in [-0.2, 0) is 4.74 Å². The number of hydrogen-bond acceptors (Lipinski definition) is 3. The first-order valence-electron chi connectivity index (χ1n) is 5.12. The maximum atomic E-state index is 11.7.